The van der Waals surface area contributed by atoms with Crippen molar-refractivity contribution in [2.75, 3.05) is 13.2 Å². The average molecular weight is 280 g/mol. The predicted molar refractivity (Wildman–Crippen MR) is 76.7 cm³/mol. The molecule has 0 saturated carbocycles. The van der Waals surface area contributed by atoms with Gasteiger partial charge in [-0.15, -0.1) is 0 Å². The standard InChI is InChI=1S/C9H18.C4H11O4P/c1-3-5-7-9-8-6-4-2;1-3-7-9(5,6)8-4-2/h7,9H,3-6,8H2,1-2H3;3-4H2,1-2H3,(H,5,6). The third kappa shape index (κ3) is 18.2. The lowest BCUT2D eigenvalue weighted by Crippen LogP contribution is -1.93. The third-order valence-electron chi connectivity index (χ3n) is 1.93. The van der Waals surface area contributed by atoms with Crippen molar-refractivity contribution in [1.29, 1.82) is 0 Å². The summed E-state index contributed by atoms with van der Waals surface area (Å²) < 4.78 is 19.2. The molecule has 0 spiro atoms. The normalized spacial score (nSPS) is 11.4. The van der Waals surface area contributed by atoms with E-state index in [9.17, 15) is 4.57 Å². The molecule has 0 aromatic heterocycles. The molecular weight excluding hydrogens is 251 g/mol. The zero-order chi connectivity index (χ0) is 14.3. The molecule has 0 saturated heterocycles. The number of phosphoric acid groups is 1. The van der Waals surface area contributed by atoms with Crippen molar-refractivity contribution in [2.45, 2.75) is 59.8 Å². The molecule has 0 aromatic carbocycles. The summed E-state index contributed by atoms with van der Waals surface area (Å²) >= 11 is 0. The van der Waals surface area contributed by atoms with Crippen LogP contribution in [-0.4, -0.2) is 18.1 Å². The first-order valence-corrected chi connectivity index (χ1v) is 8.30. The van der Waals surface area contributed by atoms with E-state index in [1.54, 1.807) is 13.8 Å². The molecule has 0 fully saturated rings. The molecule has 0 aliphatic carbocycles. The number of phosphoric ester groups is 1. The van der Waals surface area contributed by atoms with Gasteiger partial charge < -0.3 is 4.89 Å². The summed E-state index contributed by atoms with van der Waals surface area (Å²) in [7, 11) is -3.69. The van der Waals surface area contributed by atoms with E-state index in [4.69, 9.17) is 4.89 Å². The zero-order valence-electron chi connectivity index (χ0n) is 12.2. The number of unbranched alkanes of at least 4 members (excludes halogenated alkanes) is 3. The van der Waals surface area contributed by atoms with E-state index in [1.165, 1.54) is 32.1 Å². The molecule has 18 heavy (non-hydrogen) atoms. The topological polar surface area (TPSA) is 55.8 Å². The summed E-state index contributed by atoms with van der Waals surface area (Å²) in [5.74, 6) is 0. The van der Waals surface area contributed by atoms with Gasteiger partial charge in [0.1, 0.15) is 0 Å². The average Bonchev–Trinajstić information content (AvgIpc) is 2.29. The molecule has 0 bridgehead atoms. The van der Waals surface area contributed by atoms with Crippen molar-refractivity contribution in [3.63, 3.8) is 0 Å². The fourth-order valence-corrected chi connectivity index (χ4v) is 1.82. The number of hydrogen-bond donors (Lipinski definition) is 1. The van der Waals surface area contributed by atoms with Gasteiger partial charge in [-0.25, -0.2) is 4.57 Å². The van der Waals surface area contributed by atoms with Crippen molar-refractivity contribution < 1.29 is 18.5 Å². The maximum absolute atomic E-state index is 10.5. The van der Waals surface area contributed by atoms with Crippen LogP contribution in [0.25, 0.3) is 0 Å². The maximum atomic E-state index is 10.5. The monoisotopic (exact) mass is 280 g/mol. The van der Waals surface area contributed by atoms with Crippen molar-refractivity contribution in [1.82, 2.24) is 0 Å². The van der Waals surface area contributed by atoms with Crippen LogP contribution in [0, 0.1) is 0 Å². The highest BCUT2D eigenvalue weighted by Gasteiger charge is 2.17. The van der Waals surface area contributed by atoms with Crippen molar-refractivity contribution in [2.24, 2.45) is 0 Å². The molecule has 0 heterocycles. The Balaban J connectivity index is 0. The molecule has 5 heteroatoms. The van der Waals surface area contributed by atoms with E-state index in [1.807, 2.05) is 0 Å². The van der Waals surface area contributed by atoms with Gasteiger partial charge in [-0.1, -0.05) is 45.3 Å². The first-order valence-electron chi connectivity index (χ1n) is 6.80. The molecular formula is C13H29O4P. The van der Waals surface area contributed by atoms with Crippen molar-refractivity contribution >= 4 is 7.82 Å². The SMILES string of the molecule is CCCC=CCCCC.CCOP(=O)(O)OCC. The van der Waals surface area contributed by atoms with Crippen LogP contribution in [0.2, 0.25) is 0 Å². The summed E-state index contributed by atoms with van der Waals surface area (Å²) in [5, 5.41) is 0. The molecule has 0 rings (SSSR count). The van der Waals surface area contributed by atoms with Gasteiger partial charge in [0.25, 0.3) is 0 Å². The summed E-state index contributed by atoms with van der Waals surface area (Å²) in [4.78, 5) is 8.63. The maximum Gasteiger partial charge on any atom is 0.472 e. The first-order chi connectivity index (χ1) is 8.54. The fourth-order valence-electron chi connectivity index (χ4n) is 1.09. The Morgan fingerprint density at radius 3 is 1.83 bits per heavy atom. The number of allylic oxidation sites excluding steroid dienone is 2. The van der Waals surface area contributed by atoms with Crippen LogP contribution in [0.3, 0.4) is 0 Å². The van der Waals surface area contributed by atoms with Gasteiger partial charge in [-0.05, 0) is 26.7 Å². The molecule has 110 valence electrons. The van der Waals surface area contributed by atoms with Gasteiger partial charge in [0.05, 0.1) is 13.2 Å². The highest BCUT2D eigenvalue weighted by molar-refractivity contribution is 7.47. The summed E-state index contributed by atoms with van der Waals surface area (Å²) in [6, 6.07) is 0. The second-order valence-corrected chi connectivity index (χ2v) is 5.16. The Bertz CT molecular complexity index is 219. The van der Waals surface area contributed by atoms with E-state index in [0.717, 1.165) is 0 Å². The Morgan fingerprint density at radius 2 is 1.44 bits per heavy atom. The van der Waals surface area contributed by atoms with Crippen molar-refractivity contribution in [3.8, 4) is 0 Å². The number of rotatable bonds is 9. The van der Waals surface area contributed by atoms with Gasteiger partial charge in [0, 0.05) is 0 Å². The Hall–Kier alpha value is -0.150. The smallest absolute Gasteiger partial charge is 0.302 e. The minimum atomic E-state index is -3.69. The minimum Gasteiger partial charge on any atom is -0.302 e. The van der Waals surface area contributed by atoms with Crippen LogP contribution in [0.5, 0.6) is 0 Å². The largest absolute Gasteiger partial charge is 0.472 e. The number of hydrogen-bond acceptors (Lipinski definition) is 3. The second-order valence-electron chi connectivity index (χ2n) is 3.71. The molecule has 1 N–H and O–H groups in total. The van der Waals surface area contributed by atoms with Gasteiger partial charge in [0.2, 0.25) is 0 Å². The van der Waals surface area contributed by atoms with Gasteiger partial charge in [-0.2, -0.15) is 0 Å². The lowest BCUT2D eigenvalue weighted by atomic mass is 10.2. The lowest BCUT2D eigenvalue weighted by molar-refractivity contribution is 0.161. The fraction of sp³-hybridized carbons (Fsp3) is 0.846. The molecule has 0 atom stereocenters. The van der Waals surface area contributed by atoms with E-state index >= 15 is 0 Å². The van der Waals surface area contributed by atoms with Crippen molar-refractivity contribution in [3.05, 3.63) is 12.2 Å². The van der Waals surface area contributed by atoms with Crippen LogP contribution in [0.4, 0.5) is 0 Å². The van der Waals surface area contributed by atoms with Crippen LogP contribution in [0.1, 0.15) is 59.8 Å². The Morgan fingerprint density at radius 1 is 0.944 bits per heavy atom. The minimum absolute atomic E-state index is 0.188. The predicted octanol–water partition coefficient (Wildman–Crippen LogP) is 4.69. The summed E-state index contributed by atoms with van der Waals surface area (Å²) in [6.07, 6.45) is 11.1. The van der Waals surface area contributed by atoms with Crippen LogP contribution >= 0.6 is 7.82 Å². The first kappa shape index (κ1) is 20.2. The van der Waals surface area contributed by atoms with Crippen LogP contribution in [-0.2, 0) is 13.6 Å². The van der Waals surface area contributed by atoms with Crippen LogP contribution < -0.4 is 0 Å². The van der Waals surface area contributed by atoms with E-state index in [0.29, 0.717) is 0 Å². The van der Waals surface area contributed by atoms with E-state index in [2.05, 4.69) is 35.0 Å². The summed E-state index contributed by atoms with van der Waals surface area (Å²) in [5.41, 5.74) is 0. The molecule has 4 nitrogen and oxygen atoms in total. The molecule has 0 aliphatic heterocycles. The molecule has 0 aliphatic rings. The molecule has 0 aromatic rings. The van der Waals surface area contributed by atoms with Crippen LogP contribution in [0.15, 0.2) is 12.2 Å². The second kappa shape index (κ2) is 14.9. The zero-order valence-corrected chi connectivity index (χ0v) is 13.1. The Labute approximate surface area is 112 Å². The van der Waals surface area contributed by atoms with Gasteiger partial charge in [0.15, 0.2) is 0 Å². The molecule has 0 unspecified atom stereocenters. The van der Waals surface area contributed by atoms with Gasteiger partial charge in [-0.3, -0.25) is 9.05 Å². The highest BCUT2D eigenvalue weighted by atomic mass is 31.2. The van der Waals surface area contributed by atoms with Gasteiger partial charge >= 0.3 is 7.82 Å². The molecule has 0 amide bonds. The highest BCUT2D eigenvalue weighted by Crippen LogP contribution is 2.42. The third-order valence-corrected chi connectivity index (χ3v) is 3.10. The quantitative estimate of drug-likeness (QED) is 0.378. The molecule has 0 radical (unpaired) electrons. The lowest BCUT2D eigenvalue weighted by Gasteiger charge is -2.07. The van der Waals surface area contributed by atoms with E-state index in [-0.39, 0.29) is 13.2 Å². The van der Waals surface area contributed by atoms with E-state index < -0.39 is 7.82 Å². The Kier molecular flexibility index (Phi) is 16.7. The summed E-state index contributed by atoms with van der Waals surface area (Å²) in [6.45, 7) is 8.07.